The standard InChI is InChI=1S/C13H26N2O/c1-5-7-13(4,14)11(16)15-9-6-8-12(2,3)10-15/h5-10,14H2,1-4H3. The summed E-state index contributed by atoms with van der Waals surface area (Å²) >= 11 is 0. The van der Waals surface area contributed by atoms with E-state index in [1.807, 2.05) is 11.8 Å². The Labute approximate surface area is 99.4 Å². The molecule has 0 radical (unpaired) electrons. The van der Waals surface area contributed by atoms with Gasteiger partial charge in [-0.15, -0.1) is 0 Å². The smallest absolute Gasteiger partial charge is 0.242 e. The molecule has 3 nitrogen and oxygen atoms in total. The second kappa shape index (κ2) is 4.74. The van der Waals surface area contributed by atoms with E-state index in [9.17, 15) is 4.79 Å². The number of carbonyl (C=O) groups excluding carboxylic acids is 1. The Bertz CT molecular complexity index is 259. The van der Waals surface area contributed by atoms with E-state index in [0.29, 0.717) is 0 Å². The fourth-order valence-electron chi connectivity index (χ4n) is 2.58. The first-order valence-corrected chi connectivity index (χ1v) is 6.37. The lowest BCUT2D eigenvalue weighted by Gasteiger charge is -2.41. The number of hydrogen-bond donors (Lipinski definition) is 1. The Balaban J connectivity index is 2.67. The third kappa shape index (κ3) is 3.21. The molecule has 1 rings (SSSR count). The quantitative estimate of drug-likeness (QED) is 0.801. The van der Waals surface area contributed by atoms with Crippen molar-refractivity contribution < 1.29 is 4.79 Å². The second-order valence-electron chi connectivity index (χ2n) is 6.16. The number of amides is 1. The number of nitrogens with zero attached hydrogens (tertiary/aromatic N) is 1. The summed E-state index contributed by atoms with van der Waals surface area (Å²) in [7, 11) is 0. The van der Waals surface area contributed by atoms with Crippen LogP contribution in [0.4, 0.5) is 0 Å². The SMILES string of the molecule is CCCC(C)(N)C(=O)N1CCCC(C)(C)C1. The van der Waals surface area contributed by atoms with E-state index in [-0.39, 0.29) is 11.3 Å². The largest absolute Gasteiger partial charge is 0.341 e. The summed E-state index contributed by atoms with van der Waals surface area (Å²) in [6, 6.07) is 0. The van der Waals surface area contributed by atoms with Crippen molar-refractivity contribution in [2.75, 3.05) is 13.1 Å². The van der Waals surface area contributed by atoms with Crippen LogP contribution >= 0.6 is 0 Å². The molecule has 0 aromatic carbocycles. The molecule has 16 heavy (non-hydrogen) atoms. The highest BCUT2D eigenvalue weighted by Crippen LogP contribution is 2.29. The van der Waals surface area contributed by atoms with Crippen molar-refractivity contribution in [3.63, 3.8) is 0 Å². The van der Waals surface area contributed by atoms with E-state index in [1.54, 1.807) is 0 Å². The Morgan fingerprint density at radius 3 is 2.62 bits per heavy atom. The lowest BCUT2D eigenvalue weighted by Crippen LogP contribution is -2.56. The molecule has 2 N–H and O–H groups in total. The van der Waals surface area contributed by atoms with E-state index in [2.05, 4.69) is 20.8 Å². The van der Waals surface area contributed by atoms with Gasteiger partial charge >= 0.3 is 0 Å². The van der Waals surface area contributed by atoms with Crippen LogP contribution in [0.25, 0.3) is 0 Å². The molecule has 0 aliphatic carbocycles. The fourth-order valence-corrected chi connectivity index (χ4v) is 2.58. The van der Waals surface area contributed by atoms with Gasteiger partial charge in [-0.2, -0.15) is 0 Å². The van der Waals surface area contributed by atoms with E-state index in [0.717, 1.165) is 32.4 Å². The van der Waals surface area contributed by atoms with Gasteiger partial charge in [-0.3, -0.25) is 4.79 Å². The third-order valence-corrected chi connectivity index (χ3v) is 3.45. The molecule has 1 unspecified atom stereocenters. The highest BCUT2D eigenvalue weighted by molar-refractivity contribution is 5.85. The Morgan fingerprint density at radius 1 is 1.50 bits per heavy atom. The second-order valence-corrected chi connectivity index (χ2v) is 6.16. The number of piperidine rings is 1. The summed E-state index contributed by atoms with van der Waals surface area (Å²) in [6.07, 6.45) is 4.02. The van der Waals surface area contributed by atoms with Crippen LogP contribution in [-0.4, -0.2) is 29.4 Å². The number of hydrogen-bond acceptors (Lipinski definition) is 2. The molecule has 1 saturated heterocycles. The van der Waals surface area contributed by atoms with Gasteiger partial charge in [0, 0.05) is 13.1 Å². The summed E-state index contributed by atoms with van der Waals surface area (Å²) < 4.78 is 0. The topological polar surface area (TPSA) is 46.3 Å². The third-order valence-electron chi connectivity index (χ3n) is 3.45. The molecule has 1 aliphatic rings. The lowest BCUT2D eigenvalue weighted by molar-refractivity contribution is -0.139. The first-order chi connectivity index (χ1) is 7.28. The van der Waals surface area contributed by atoms with Crippen molar-refractivity contribution in [2.24, 2.45) is 11.1 Å². The average molecular weight is 226 g/mol. The predicted octanol–water partition coefficient (Wildman–Crippen LogP) is 2.15. The highest BCUT2D eigenvalue weighted by Gasteiger charge is 2.36. The van der Waals surface area contributed by atoms with Gasteiger partial charge < -0.3 is 10.6 Å². The van der Waals surface area contributed by atoms with Crippen LogP contribution in [0.15, 0.2) is 0 Å². The summed E-state index contributed by atoms with van der Waals surface area (Å²) in [5.41, 5.74) is 5.67. The maximum atomic E-state index is 12.3. The van der Waals surface area contributed by atoms with Crippen LogP contribution < -0.4 is 5.73 Å². The lowest BCUT2D eigenvalue weighted by atomic mass is 9.83. The van der Waals surface area contributed by atoms with Crippen molar-refractivity contribution in [1.29, 1.82) is 0 Å². The molecule has 1 fully saturated rings. The van der Waals surface area contributed by atoms with Crippen LogP contribution in [0.2, 0.25) is 0 Å². The van der Waals surface area contributed by atoms with Crippen LogP contribution in [0.5, 0.6) is 0 Å². The minimum Gasteiger partial charge on any atom is -0.341 e. The first kappa shape index (κ1) is 13.5. The Morgan fingerprint density at radius 2 is 2.12 bits per heavy atom. The van der Waals surface area contributed by atoms with Crippen molar-refractivity contribution >= 4 is 5.91 Å². The molecule has 1 heterocycles. The minimum atomic E-state index is -0.678. The van der Waals surface area contributed by atoms with Gasteiger partial charge in [0.15, 0.2) is 0 Å². The molecule has 1 aliphatic heterocycles. The van der Waals surface area contributed by atoms with Crippen molar-refractivity contribution in [2.45, 2.75) is 58.9 Å². The zero-order valence-electron chi connectivity index (χ0n) is 11.2. The minimum absolute atomic E-state index is 0.127. The molecule has 1 amide bonds. The van der Waals surface area contributed by atoms with Crippen molar-refractivity contribution in [3.05, 3.63) is 0 Å². The van der Waals surface area contributed by atoms with Crippen LogP contribution in [0.1, 0.15) is 53.4 Å². The maximum Gasteiger partial charge on any atom is 0.242 e. The Hall–Kier alpha value is -0.570. The first-order valence-electron chi connectivity index (χ1n) is 6.37. The number of rotatable bonds is 3. The maximum absolute atomic E-state index is 12.3. The molecule has 0 aromatic heterocycles. The normalized spacial score (nSPS) is 23.9. The molecule has 1 atom stereocenters. The van der Waals surface area contributed by atoms with Crippen LogP contribution in [0.3, 0.4) is 0 Å². The van der Waals surface area contributed by atoms with Crippen LogP contribution in [0, 0.1) is 5.41 Å². The number of carbonyl (C=O) groups is 1. The molecular weight excluding hydrogens is 200 g/mol. The fraction of sp³-hybridized carbons (Fsp3) is 0.923. The van der Waals surface area contributed by atoms with Crippen molar-refractivity contribution in [1.82, 2.24) is 4.90 Å². The molecule has 0 saturated carbocycles. The molecular formula is C13H26N2O. The van der Waals surface area contributed by atoms with Gasteiger partial charge in [-0.25, -0.2) is 0 Å². The zero-order valence-corrected chi connectivity index (χ0v) is 11.2. The number of nitrogens with two attached hydrogens (primary N) is 1. The van der Waals surface area contributed by atoms with Gasteiger partial charge in [0.05, 0.1) is 5.54 Å². The average Bonchev–Trinajstić information content (AvgIpc) is 2.15. The molecule has 94 valence electrons. The Kier molecular flexibility index (Phi) is 4.00. The van der Waals surface area contributed by atoms with Gasteiger partial charge in [0.2, 0.25) is 5.91 Å². The molecule has 0 spiro atoms. The van der Waals surface area contributed by atoms with Gasteiger partial charge in [0.1, 0.15) is 0 Å². The molecule has 0 aromatic rings. The van der Waals surface area contributed by atoms with E-state index in [1.165, 1.54) is 6.42 Å². The van der Waals surface area contributed by atoms with E-state index < -0.39 is 5.54 Å². The molecule has 0 bridgehead atoms. The summed E-state index contributed by atoms with van der Waals surface area (Å²) in [5.74, 6) is 0.127. The van der Waals surface area contributed by atoms with Gasteiger partial charge in [-0.1, -0.05) is 27.2 Å². The highest BCUT2D eigenvalue weighted by atomic mass is 16.2. The monoisotopic (exact) mass is 226 g/mol. The zero-order chi connectivity index (χ0) is 12.4. The summed E-state index contributed by atoms with van der Waals surface area (Å²) in [6.45, 7) is 10.1. The van der Waals surface area contributed by atoms with E-state index in [4.69, 9.17) is 5.73 Å². The predicted molar refractivity (Wildman–Crippen MR) is 67.1 cm³/mol. The van der Waals surface area contributed by atoms with E-state index >= 15 is 0 Å². The van der Waals surface area contributed by atoms with Crippen molar-refractivity contribution in [3.8, 4) is 0 Å². The van der Waals surface area contributed by atoms with Gasteiger partial charge in [-0.05, 0) is 31.6 Å². The molecule has 3 heteroatoms. The summed E-state index contributed by atoms with van der Waals surface area (Å²) in [4.78, 5) is 14.3. The number of likely N-dealkylation sites (tertiary alicyclic amines) is 1. The summed E-state index contributed by atoms with van der Waals surface area (Å²) in [5, 5.41) is 0. The van der Waals surface area contributed by atoms with Crippen LogP contribution in [-0.2, 0) is 4.79 Å². The van der Waals surface area contributed by atoms with Gasteiger partial charge in [0.25, 0.3) is 0 Å².